The molecule has 0 atom stereocenters. The first-order valence-corrected chi connectivity index (χ1v) is 4.91. The van der Waals surface area contributed by atoms with Gasteiger partial charge >= 0.3 is 0 Å². The van der Waals surface area contributed by atoms with Crippen LogP contribution in [0.2, 0.25) is 0 Å². The van der Waals surface area contributed by atoms with Gasteiger partial charge in [-0.3, -0.25) is 9.59 Å². The number of nitrogens with two attached hydrogens (primary N) is 2. The maximum Gasteiger partial charge on any atom is 0.267 e. The number of nitrogens with zero attached hydrogens (tertiary/aromatic N) is 2. The van der Waals surface area contributed by atoms with Crippen LogP contribution in [0.1, 0.15) is 22.5 Å². The van der Waals surface area contributed by atoms with Crippen LogP contribution in [0, 0.1) is 0 Å². The molecule has 0 saturated heterocycles. The molecule has 0 bridgehead atoms. The first-order valence-electron chi connectivity index (χ1n) is 4.91. The smallest absolute Gasteiger partial charge is 0.267 e. The van der Waals surface area contributed by atoms with E-state index >= 15 is 0 Å². The Labute approximate surface area is 97.0 Å². The van der Waals surface area contributed by atoms with Crippen LogP contribution in [-0.2, 0) is 4.79 Å². The largest absolute Gasteiger partial charge is 0.366 e. The topological polar surface area (TPSA) is 111 Å². The molecule has 1 aliphatic rings. The molecular weight excluding hydrogens is 220 g/mol. The van der Waals surface area contributed by atoms with E-state index in [9.17, 15) is 9.59 Å². The molecule has 4 N–H and O–H groups in total. The number of rotatable bonds is 2. The normalized spacial score (nSPS) is 13.5. The number of aromatic nitrogens is 1. The number of primary amides is 2. The van der Waals surface area contributed by atoms with E-state index in [1.54, 1.807) is 12.1 Å². The highest BCUT2D eigenvalue weighted by Crippen LogP contribution is 2.23. The monoisotopic (exact) mass is 230 g/mol. The number of aliphatic imine (C=N–C) groups is 1. The molecule has 2 heterocycles. The van der Waals surface area contributed by atoms with E-state index in [4.69, 9.17) is 11.5 Å². The molecule has 1 aromatic heterocycles. The van der Waals surface area contributed by atoms with E-state index < -0.39 is 11.8 Å². The Morgan fingerprint density at radius 1 is 1.18 bits per heavy atom. The van der Waals surface area contributed by atoms with Gasteiger partial charge in [0, 0.05) is 23.8 Å². The minimum absolute atomic E-state index is 0.136. The summed E-state index contributed by atoms with van der Waals surface area (Å²) in [6.07, 6.45) is 3.49. The van der Waals surface area contributed by atoms with E-state index in [2.05, 4.69) is 9.98 Å². The lowest BCUT2D eigenvalue weighted by Crippen LogP contribution is -2.14. The van der Waals surface area contributed by atoms with Crippen molar-refractivity contribution in [3.8, 4) is 0 Å². The second-order valence-corrected chi connectivity index (χ2v) is 3.52. The summed E-state index contributed by atoms with van der Waals surface area (Å²) in [5.74, 6) is -0.757. The molecule has 0 fully saturated rings. The van der Waals surface area contributed by atoms with E-state index in [1.807, 2.05) is 0 Å². The number of amides is 2. The van der Waals surface area contributed by atoms with Gasteiger partial charge < -0.3 is 11.5 Å². The molecule has 0 spiro atoms. The van der Waals surface area contributed by atoms with Gasteiger partial charge in [-0.05, 0) is 18.2 Å². The summed E-state index contributed by atoms with van der Waals surface area (Å²) in [6, 6.07) is 3.12. The molecule has 2 rings (SSSR count). The first kappa shape index (κ1) is 11.0. The fourth-order valence-electron chi connectivity index (χ4n) is 1.46. The van der Waals surface area contributed by atoms with Gasteiger partial charge in [0.05, 0.1) is 0 Å². The average molecular weight is 230 g/mol. The molecule has 86 valence electrons. The predicted molar refractivity (Wildman–Crippen MR) is 62.7 cm³/mol. The zero-order chi connectivity index (χ0) is 12.4. The average Bonchev–Trinajstić information content (AvgIpc) is 2.49. The Bertz CT molecular complexity index is 561. The molecule has 1 aliphatic heterocycles. The number of fused-ring (bicyclic) bond motifs is 1. The number of carbonyl (C=O) groups excluding carboxylic acids is 2. The number of hydrogen-bond acceptors (Lipinski definition) is 4. The first-order chi connectivity index (χ1) is 8.08. The molecule has 0 aliphatic carbocycles. The van der Waals surface area contributed by atoms with Crippen molar-refractivity contribution in [3.05, 3.63) is 29.0 Å². The lowest BCUT2D eigenvalue weighted by atomic mass is 10.1. The second kappa shape index (κ2) is 4.17. The number of pyridine rings is 1. The Hall–Kier alpha value is -2.50. The Morgan fingerprint density at radius 3 is 2.59 bits per heavy atom. The van der Waals surface area contributed by atoms with E-state index in [0.29, 0.717) is 23.4 Å². The lowest BCUT2D eigenvalue weighted by Gasteiger charge is -2.01. The summed E-state index contributed by atoms with van der Waals surface area (Å²) >= 11 is 0. The molecule has 0 aromatic carbocycles. The van der Waals surface area contributed by atoms with Crippen molar-refractivity contribution in [2.24, 2.45) is 16.5 Å². The summed E-state index contributed by atoms with van der Waals surface area (Å²) in [7, 11) is 0. The van der Waals surface area contributed by atoms with Crippen LogP contribution in [0.15, 0.2) is 22.7 Å². The summed E-state index contributed by atoms with van der Waals surface area (Å²) in [4.78, 5) is 30.1. The van der Waals surface area contributed by atoms with Gasteiger partial charge in [-0.1, -0.05) is 0 Å². The SMILES string of the molecule is NC(=O)C1=Cc2ccc(C(N)=O)nc2N=CC1. The zero-order valence-corrected chi connectivity index (χ0v) is 8.88. The summed E-state index contributed by atoms with van der Waals surface area (Å²) in [5, 5.41) is 0. The van der Waals surface area contributed by atoms with E-state index in [1.165, 1.54) is 12.3 Å². The van der Waals surface area contributed by atoms with Crippen molar-refractivity contribution in [2.45, 2.75) is 6.42 Å². The van der Waals surface area contributed by atoms with Crippen molar-refractivity contribution in [3.63, 3.8) is 0 Å². The third-order valence-electron chi connectivity index (χ3n) is 2.33. The van der Waals surface area contributed by atoms with Crippen LogP contribution in [0.5, 0.6) is 0 Å². The van der Waals surface area contributed by atoms with Crippen LogP contribution in [0.4, 0.5) is 5.82 Å². The third-order valence-corrected chi connectivity index (χ3v) is 2.33. The molecule has 0 radical (unpaired) electrons. The Morgan fingerprint density at radius 2 is 1.94 bits per heavy atom. The lowest BCUT2D eigenvalue weighted by molar-refractivity contribution is -0.114. The van der Waals surface area contributed by atoms with Crippen molar-refractivity contribution in [1.82, 2.24) is 4.98 Å². The molecule has 6 heteroatoms. The van der Waals surface area contributed by atoms with Gasteiger partial charge in [0.25, 0.3) is 5.91 Å². The van der Waals surface area contributed by atoms with Gasteiger partial charge in [-0.15, -0.1) is 0 Å². The molecule has 0 saturated carbocycles. The van der Waals surface area contributed by atoms with E-state index in [0.717, 1.165) is 0 Å². The van der Waals surface area contributed by atoms with Gasteiger partial charge in [-0.2, -0.15) is 0 Å². The molecule has 2 amide bonds. The van der Waals surface area contributed by atoms with Crippen LogP contribution < -0.4 is 11.5 Å². The fourth-order valence-corrected chi connectivity index (χ4v) is 1.46. The third kappa shape index (κ3) is 2.20. The van der Waals surface area contributed by atoms with Crippen molar-refractivity contribution in [2.75, 3.05) is 0 Å². The predicted octanol–water partition coefficient (Wildman–Crippen LogP) is 0.155. The molecule has 6 nitrogen and oxygen atoms in total. The van der Waals surface area contributed by atoms with Crippen molar-refractivity contribution in [1.29, 1.82) is 0 Å². The summed E-state index contributed by atoms with van der Waals surface area (Å²) in [5.41, 5.74) is 11.5. The molecular formula is C11H10N4O2. The van der Waals surface area contributed by atoms with Gasteiger partial charge in [0.2, 0.25) is 5.91 Å². The second-order valence-electron chi connectivity index (χ2n) is 3.52. The van der Waals surface area contributed by atoms with Gasteiger partial charge in [0.15, 0.2) is 5.82 Å². The highest BCUT2D eigenvalue weighted by atomic mass is 16.1. The van der Waals surface area contributed by atoms with Crippen molar-refractivity contribution >= 4 is 29.9 Å². The quantitative estimate of drug-likeness (QED) is 0.754. The Kier molecular flexibility index (Phi) is 2.70. The molecule has 17 heavy (non-hydrogen) atoms. The van der Waals surface area contributed by atoms with Crippen molar-refractivity contribution < 1.29 is 9.59 Å². The van der Waals surface area contributed by atoms with Crippen LogP contribution in [0.25, 0.3) is 6.08 Å². The highest BCUT2D eigenvalue weighted by molar-refractivity contribution is 6.01. The van der Waals surface area contributed by atoms with E-state index in [-0.39, 0.29) is 5.69 Å². The zero-order valence-electron chi connectivity index (χ0n) is 8.88. The summed E-state index contributed by atoms with van der Waals surface area (Å²) in [6.45, 7) is 0. The van der Waals surface area contributed by atoms with Crippen LogP contribution in [-0.4, -0.2) is 23.0 Å². The van der Waals surface area contributed by atoms with Crippen LogP contribution in [0.3, 0.4) is 0 Å². The summed E-state index contributed by atoms with van der Waals surface area (Å²) < 4.78 is 0. The molecule has 1 aromatic rings. The maximum absolute atomic E-state index is 11.1. The van der Waals surface area contributed by atoms with Gasteiger partial charge in [0.1, 0.15) is 5.69 Å². The number of hydrogen-bond donors (Lipinski definition) is 2. The number of carbonyl (C=O) groups is 2. The van der Waals surface area contributed by atoms with Crippen LogP contribution >= 0.6 is 0 Å². The standard InChI is InChI=1S/C11H10N4O2/c12-9(16)6-3-4-14-11-7(5-6)1-2-8(15-11)10(13)17/h1-2,4-5H,3H2,(H2,12,16)(H2,13,17). The molecule has 0 unspecified atom stereocenters. The highest BCUT2D eigenvalue weighted by Gasteiger charge is 2.12. The van der Waals surface area contributed by atoms with Gasteiger partial charge in [-0.25, -0.2) is 9.98 Å². The minimum Gasteiger partial charge on any atom is -0.366 e. The Balaban J connectivity index is 2.52. The maximum atomic E-state index is 11.1. The fraction of sp³-hybridized carbons (Fsp3) is 0.0909. The minimum atomic E-state index is -0.619.